The van der Waals surface area contributed by atoms with Crippen molar-refractivity contribution in [3.05, 3.63) is 39.8 Å². The quantitative estimate of drug-likeness (QED) is 0.861. The van der Waals surface area contributed by atoms with Gasteiger partial charge in [-0.2, -0.15) is 0 Å². The van der Waals surface area contributed by atoms with Crippen molar-refractivity contribution in [2.24, 2.45) is 0 Å². The monoisotopic (exact) mass is 283 g/mol. The smallest absolute Gasteiger partial charge is 0.335 e. The number of aromatic nitrogens is 1. The minimum absolute atomic E-state index is 0.236. The summed E-state index contributed by atoms with van der Waals surface area (Å²) in [5.74, 6) is -0.948. The van der Waals surface area contributed by atoms with Crippen molar-refractivity contribution < 1.29 is 9.90 Å². The Labute approximate surface area is 98.5 Å². The van der Waals surface area contributed by atoms with Crippen molar-refractivity contribution in [1.29, 1.82) is 0 Å². The molecule has 0 fully saturated rings. The Hall–Kier alpha value is -1.20. The highest BCUT2D eigenvalue weighted by Gasteiger charge is 2.08. The molecule has 0 spiro atoms. The summed E-state index contributed by atoms with van der Waals surface area (Å²) in [5, 5.41) is 10.8. The first-order valence-electron chi connectivity index (χ1n) is 4.11. The van der Waals surface area contributed by atoms with Crippen LogP contribution in [0.3, 0.4) is 0 Å². The summed E-state index contributed by atoms with van der Waals surface area (Å²) in [4.78, 5) is 16.0. The third kappa shape index (κ3) is 2.24. The number of carboxylic acid groups (broad SMARTS) is 1. The van der Waals surface area contributed by atoms with Crippen LogP contribution in [0.1, 0.15) is 10.4 Å². The Kier molecular flexibility index (Phi) is 2.83. The molecule has 2 aromatic rings. The lowest BCUT2D eigenvalue weighted by Gasteiger charge is -2.00. The Balaban J connectivity index is 2.54. The lowest BCUT2D eigenvalue weighted by Crippen LogP contribution is -1.97. The Morgan fingerprint density at radius 3 is 2.87 bits per heavy atom. The first kappa shape index (κ1) is 10.3. The van der Waals surface area contributed by atoms with Crippen LogP contribution < -0.4 is 0 Å². The van der Waals surface area contributed by atoms with Crippen LogP contribution in [0.4, 0.5) is 0 Å². The normalized spacial score (nSPS) is 10.2. The molecular formula is C10H6BrNO2S. The molecule has 0 radical (unpaired) electrons. The van der Waals surface area contributed by atoms with E-state index in [4.69, 9.17) is 5.11 Å². The van der Waals surface area contributed by atoms with E-state index in [9.17, 15) is 4.79 Å². The maximum atomic E-state index is 10.8. The Morgan fingerprint density at radius 2 is 2.27 bits per heavy atom. The van der Waals surface area contributed by atoms with Crippen LogP contribution in [-0.2, 0) is 0 Å². The maximum Gasteiger partial charge on any atom is 0.335 e. The van der Waals surface area contributed by atoms with E-state index < -0.39 is 5.97 Å². The van der Waals surface area contributed by atoms with Crippen LogP contribution in [0.15, 0.2) is 34.2 Å². The fourth-order valence-electron chi connectivity index (χ4n) is 1.17. The average molecular weight is 284 g/mol. The molecule has 1 N–H and O–H groups in total. The third-order valence-electron chi connectivity index (χ3n) is 1.81. The van der Waals surface area contributed by atoms with Crippen molar-refractivity contribution in [2.75, 3.05) is 0 Å². The fraction of sp³-hybridized carbons (Fsp3) is 0. The molecule has 0 bridgehead atoms. The molecule has 0 saturated carbocycles. The number of carbonyl (C=O) groups is 1. The maximum absolute atomic E-state index is 10.8. The molecule has 0 saturated heterocycles. The van der Waals surface area contributed by atoms with Crippen molar-refractivity contribution in [3.63, 3.8) is 0 Å². The molecule has 76 valence electrons. The van der Waals surface area contributed by atoms with Gasteiger partial charge in [0.05, 0.1) is 16.1 Å². The summed E-state index contributed by atoms with van der Waals surface area (Å²) in [5.41, 5.74) is 0.914. The second-order valence-corrected chi connectivity index (χ2v) is 4.61. The van der Waals surface area contributed by atoms with Crippen LogP contribution in [0.5, 0.6) is 0 Å². The number of hydrogen-bond donors (Lipinski definition) is 1. The van der Waals surface area contributed by atoms with E-state index in [1.807, 2.05) is 17.5 Å². The number of hydrogen-bond acceptors (Lipinski definition) is 3. The second kappa shape index (κ2) is 4.12. The van der Waals surface area contributed by atoms with Gasteiger partial charge in [-0.05, 0) is 39.5 Å². The average Bonchev–Trinajstić information content (AvgIpc) is 2.69. The highest BCUT2D eigenvalue weighted by Crippen LogP contribution is 2.25. The summed E-state index contributed by atoms with van der Waals surface area (Å²) >= 11 is 4.73. The van der Waals surface area contributed by atoms with Crippen molar-refractivity contribution in [2.45, 2.75) is 0 Å². The SMILES string of the molecule is O=C(O)c1cc(Br)nc(-c2cccs2)c1. The van der Waals surface area contributed by atoms with E-state index in [-0.39, 0.29) is 5.56 Å². The van der Waals surface area contributed by atoms with Gasteiger partial charge in [0.25, 0.3) is 0 Å². The van der Waals surface area contributed by atoms with Gasteiger partial charge in [-0.1, -0.05) is 6.07 Å². The third-order valence-corrected chi connectivity index (χ3v) is 3.11. The molecule has 2 heterocycles. The van der Waals surface area contributed by atoms with Crippen molar-refractivity contribution >= 4 is 33.2 Å². The Bertz CT molecular complexity index is 496. The lowest BCUT2D eigenvalue weighted by molar-refractivity contribution is 0.0696. The summed E-state index contributed by atoms with van der Waals surface area (Å²) in [6.07, 6.45) is 0. The van der Waals surface area contributed by atoms with E-state index in [0.29, 0.717) is 10.3 Å². The van der Waals surface area contributed by atoms with Gasteiger partial charge in [0.1, 0.15) is 4.60 Å². The van der Waals surface area contributed by atoms with Crippen molar-refractivity contribution in [3.8, 4) is 10.6 Å². The molecule has 5 heteroatoms. The first-order valence-corrected chi connectivity index (χ1v) is 5.79. The molecule has 0 atom stereocenters. The van der Waals surface area contributed by atoms with Gasteiger partial charge < -0.3 is 5.11 Å². The molecule has 3 nitrogen and oxygen atoms in total. The van der Waals surface area contributed by atoms with Gasteiger partial charge in [0, 0.05) is 0 Å². The molecule has 0 amide bonds. The van der Waals surface area contributed by atoms with E-state index in [1.54, 1.807) is 6.07 Å². The number of pyridine rings is 1. The van der Waals surface area contributed by atoms with E-state index in [2.05, 4.69) is 20.9 Å². The second-order valence-electron chi connectivity index (χ2n) is 2.85. The number of halogens is 1. The predicted molar refractivity (Wildman–Crippen MR) is 62.2 cm³/mol. The zero-order chi connectivity index (χ0) is 10.8. The van der Waals surface area contributed by atoms with Gasteiger partial charge >= 0.3 is 5.97 Å². The van der Waals surface area contributed by atoms with Crippen LogP contribution in [0.25, 0.3) is 10.6 Å². The summed E-state index contributed by atoms with van der Waals surface area (Å²) < 4.78 is 0.533. The first-order chi connectivity index (χ1) is 7.16. The minimum atomic E-state index is -0.948. The lowest BCUT2D eigenvalue weighted by atomic mass is 10.2. The van der Waals surface area contributed by atoms with Crippen LogP contribution >= 0.6 is 27.3 Å². The van der Waals surface area contributed by atoms with Crippen LogP contribution in [0, 0.1) is 0 Å². The minimum Gasteiger partial charge on any atom is -0.478 e. The van der Waals surface area contributed by atoms with Gasteiger partial charge in [0.2, 0.25) is 0 Å². The van der Waals surface area contributed by atoms with Gasteiger partial charge in [-0.25, -0.2) is 9.78 Å². The highest BCUT2D eigenvalue weighted by atomic mass is 79.9. The number of aromatic carboxylic acids is 1. The Morgan fingerprint density at radius 1 is 1.47 bits per heavy atom. The molecule has 15 heavy (non-hydrogen) atoms. The number of nitrogens with zero attached hydrogens (tertiary/aromatic N) is 1. The largest absolute Gasteiger partial charge is 0.478 e. The zero-order valence-electron chi connectivity index (χ0n) is 7.48. The van der Waals surface area contributed by atoms with Crippen molar-refractivity contribution in [1.82, 2.24) is 4.98 Å². The van der Waals surface area contributed by atoms with E-state index >= 15 is 0 Å². The predicted octanol–water partition coefficient (Wildman–Crippen LogP) is 3.27. The molecule has 2 rings (SSSR count). The molecule has 2 aromatic heterocycles. The number of carboxylic acids is 1. The fourth-order valence-corrected chi connectivity index (χ4v) is 2.29. The molecule has 0 unspecified atom stereocenters. The molecule has 0 aromatic carbocycles. The van der Waals surface area contributed by atoms with Gasteiger partial charge in [0.15, 0.2) is 0 Å². The summed E-state index contributed by atoms with van der Waals surface area (Å²) in [6, 6.07) is 6.87. The summed E-state index contributed by atoms with van der Waals surface area (Å²) in [7, 11) is 0. The molecule has 0 aliphatic heterocycles. The number of rotatable bonds is 2. The van der Waals surface area contributed by atoms with E-state index in [1.165, 1.54) is 17.4 Å². The van der Waals surface area contributed by atoms with E-state index in [0.717, 1.165) is 4.88 Å². The van der Waals surface area contributed by atoms with Crippen LogP contribution in [-0.4, -0.2) is 16.1 Å². The topological polar surface area (TPSA) is 50.2 Å². The molecular weight excluding hydrogens is 278 g/mol. The van der Waals surface area contributed by atoms with Gasteiger partial charge in [-0.15, -0.1) is 11.3 Å². The zero-order valence-corrected chi connectivity index (χ0v) is 9.88. The molecule has 0 aliphatic rings. The summed E-state index contributed by atoms with van der Waals surface area (Å²) in [6.45, 7) is 0. The number of thiophene rings is 1. The standard InChI is InChI=1S/C10H6BrNO2S/c11-9-5-6(10(13)14)4-7(12-9)8-2-1-3-15-8/h1-5H,(H,13,14). The highest BCUT2D eigenvalue weighted by molar-refractivity contribution is 9.10. The van der Waals surface area contributed by atoms with Gasteiger partial charge in [-0.3, -0.25) is 0 Å². The molecule has 0 aliphatic carbocycles. The van der Waals surface area contributed by atoms with Crippen LogP contribution in [0.2, 0.25) is 0 Å².